The lowest BCUT2D eigenvalue weighted by atomic mass is 9.75. The van der Waals surface area contributed by atoms with Crippen molar-refractivity contribution in [1.29, 1.82) is 0 Å². The number of hydrogen-bond acceptors (Lipinski definition) is 1. The van der Waals surface area contributed by atoms with Crippen LogP contribution in [0.5, 0.6) is 0 Å². The number of nitrogens with one attached hydrogen (secondary N) is 1. The zero-order valence-corrected chi connectivity index (χ0v) is 14.8. The number of unbranched alkanes of at least 4 members (excludes halogenated alkanes) is 1. The van der Waals surface area contributed by atoms with E-state index < -0.39 is 0 Å². The maximum absolute atomic E-state index is 3.78. The van der Waals surface area contributed by atoms with Gasteiger partial charge in [-0.2, -0.15) is 0 Å². The summed E-state index contributed by atoms with van der Waals surface area (Å²) in [4.78, 5) is 0. The summed E-state index contributed by atoms with van der Waals surface area (Å²) >= 11 is 0. The summed E-state index contributed by atoms with van der Waals surface area (Å²) in [5.74, 6) is 1.98. The Morgan fingerprint density at radius 2 is 1.70 bits per heavy atom. The standard InChI is InChI=1S/C19H39N/c1-6-8-9-16-10-12-17(13-11-16)18(20-7-2)14-15-19(3,4)5/h16-18,20H,6-15H2,1-5H3. The van der Waals surface area contributed by atoms with E-state index in [0.29, 0.717) is 5.41 Å². The van der Waals surface area contributed by atoms with Gasteiger partial charge in [-0.05, 0) is 49.5 Å². The zero-order valence-electron chi connectivity index (χ0n) is 14.8. The Bertz CT molecular complexity index is 233. The molecule has 0 spiro atoms. The Morgan fingerprint density at radius 1 is 1.05 bits per heavy atom. The quantitative estimate of drug-likeness (QED) is 0.594. The van der Waals surface area contributed by atoms with Crippen molar-refractivity contribution in [2.24, 2.45) is 17.3 Å². The van der Waals surface area contributed by atoms with Gasteiger partial charge < -0.3 is 5.32 Å². The van der Waals surface area contributed by atoms with Gasteiger partial charge in [0, 0.05) is 6.04 Å². The van der Waals surface area contributed by atoms with Crippen LogP contribution in [0.25, 0.3) is 0 Å². The minimum Gasteiger partial charge on any atom is -0.314 e. The molecule has 0 radical (unpaired) electrons. The van der Waals surface area contributed by atoms with Gasteiger partial charge in [0.1, 0.15) is 0 Å². The maximum Gasteiger partial charge on any atom is 0.00954 e. The molecule has 1 unspecified atom stereocenters. The molecule has 1 nitrogen and oxygen atoms in total. The van der Waals surface area contributed by atoms with E-state index in [0.717, 1.165) is 24.4 Å². The SMILES string of the molecule is CCCCC1CCC(C(CCC(C)(C)C)NCC)CC1. The Morgan fingerprint density at radius 3 is 2.20 bits per heavy atom. The number of hydrogen-bond donors (Lipinski definition) is 1. The van der Waals surface area contributed by atoms with Crippen LogP contribution in [0.15, 0.2) is 0 Å². The second-order valence-corrected chi connectivity index (χ2v) is 8.19. The van der Waals surface area contributed by atoms with E-state index in [1.165, 1.54) is 57.8 Å². The average molecular weight is 282 g/mol. The topological polar surface area (TPSA) is 12.0 Å². The van der Waals surface area contributed by atoms with Gasteiger partial charge in [-0.1, -0.05) is 66.7 Å². The largest absolute Gasteiger partial charge is 0.314 e. The molecule has 1 N–H and O–H groups in total. The Hall–Kier alpha value is -0.0400. The second kappa shape index (κ2) is 9.07. The Labute approximate surface area is 128 Å². The molecule has 20 heavy (non-hydrogen) atoms. The van der Waals surface area contributed by atoms with E-state index in [-0.39, 0.29) is 0 Å². The molecule has 0 saturated heterocycles. The van der Waals surface area contributed by atoms with Crippen LogP contribution in [0.2, 0.25) is 0 Å². The third-order valence-electron chi connectivity index (χ3n) is 5.10. The minimum atomic E-state index is 0.478. The van der Waals surface area contributed by atoms with Crippen LogP contribution in [0.3, 0.4) is 0 Å². The monoisotopic (exact) mass is 281 g/mol. The van der Waals surface area contributed by atoms with Crippen LogP contribution in [-0.4, -0.2) is 12.6 Å². The zero-order chi connectivity index (χ0) is 15.0. The lowest BCUT2D eigenvalue weighted by Gasteiger charge is -2.35. The summed E-state index contributed by atoms with van der Waals surface area (Å²) in [7, 11) is 0. The summed E-state index contributed by atoms with van der Waals surface area (Å²) in [6, 6.07) is 0.770. The predicted molar refractivity (Wildman–Crippen MR) is 91.1 cm³/mol. The summed E-state index contributed by atoms with van der Waals surface area (Å²) in [5.41, 5.74) is 0.478. The molecule has 0 aromatic carbocycles. The highest BCUT2D eigenvalue weighted by Crippen LogP contribution is 2.35. The van der Waals surface area contributed by atoms with Gasteiger partial charge in [0.25, 0.3) is 0 Å². The first-order valence-corrected chi connectivity index (χ1v) is 9.19. The van der Waals surface area contributed by atoms with E-state index in [1.54, 1.807) is 0 Å². The van der Waals surface area contributed by atoms with Crippen molar-refractivity contribution in [2.45, 2.75) is 98.4 Å². The van der Waals surface area contributed by atoms with Crippen molar-refractivity contribution in [3.63, 3.8) is 0 Å². The smallest absolute Gasteiger partial charge is 0.00954 e. The Kier molecular flexibility index (Phi) is 8.17. The van der Waals surface area contributed by atoms with E-state index in [9.17, 15) is 0 Å². The van der Waals surface area contributed by atoms with Crippen LogP contribution in [0, 0.1) is 17.3 Å². The molecule has 0 heterocycles. The highest BCUT2D eigenvalue weighted by atomic mass is 14.9. The maximum atomic E-state index is 3.78. The third-order valence-corrected chi connectivity index (χ3v) is 5.10. The second-order valence-electron chi connectivity index (χ2n) is 8.19. The van der Waals surface area contributed by atoms with Crippen LogP contribution < -0.4 is 5.32 Å². The van der Waals surface area contributed by atoms with Crippen LogP contribution in [0.4, 0.5) is 0 Å². The first-order valence-electron chi connectivity index (χ1n) is 9.19. The molecule has 0 aromatic heterocycles. The summed E-state index contributed by atoms with van der Waals surface area (Å²) in [6.07, 6.45) is 12.9. The summed E-state index contributed by atoms with van der Waals surface area (Å²) in [5, 5.41) is 3.78. The fourth-order valence-corrected chi connectivity index (χ4v) is 3.73. The molecular weight excluding hydrogens is 242 g/mol. The Balaban J connectivity index is 2.37. The van der Waals surface area contributed by atoms with Crippen molar-refractivity contribution in [2.75, 3.05) is 6.54 Å². The van der Waals surface area contributed by atoms with Gasteiger partial charge in [-0.25, -0.2) is 0 Å². The van der Waals surface area contributed by atoms with Gasteiger partial charge in [0.05, 0.1) is 0 Å². The first kappa shape index (κ1) is 18.0. The average Bonchev–Trinajstić information content (AvgIpc) is 2.41. The lowest BCUT2D eigenvalue weighted by molar-refractivity contribution is 0.194. The van der Waals surface area contributed by atoms with E-state index >= 15 is 0 Å². The molecule has 1 aliphatic rings. The molecule has 0 bridgehead atoms. The minimum absolute atomic E-state index is 0.478. The van der Waals surface area contributed by atoms with Crippen molar-refractivity contribution >= 4 is 0 Å². The van der Waals surface area contributed by atoms with Gasteiger partial charge in [-0.15, -0.1) is 0 Å². The molecule has 0 amide bonds. The van der Waals surface area contributed by atoms with Crippen molar-refractivity contribution in [1.82, 2.24) is 5.32 Å². The number of rotatable bonds is 8. The lowest BCUT2D eigenvalue weighted by Crippen LogP contribution is -2.38. The highest BCUT2D eigenvalue weighted by molar-refractivity contribution is 4.83. The normalized spacial score (nSPS) is 25.6. The van der Waals surface area contributed by atoms with Gasteiger partial charge in [0.15, 0.2) is 0 Å². The molecule has 1 saturated carbocycles. The van der Waals surface area contributed by atoms with E-state index in [2.05, 4.69) is 39.9 Å². The summed E-state index contributed by atoms with van der Waals surface area (Å²) in [6.45, 7) is 12.8. The van der Waals surface area contributed by atoms with Gasteiger partial charge in [0.2, 0.25) is 0 Å². The van der Waals surface area contributed by atoms with Gasteiger partial charge >= 0.3 is 0 Å². The summed E-state index contributed by atoms with van der Waals surface area (Å²) < 4.78 is 0. The molecule has 1 fully saturated rings. The van der Waals surface area contributed by atoms with E-state index in [4.69, 9.17) is 0 Å². The molecule has 0 aromatic rings. The van der Waals surface area contributed by atoms with Gasteiger partial charge in [-0.3, -0.25) is 0 Å². The van der Waals surface area contributed by atoms with Crippen LogP contribution in [0.1, 0.15) is 92.4 Å². The van der Waals surface area contributed by atoms with Crippen molar-refractivity contribution < 1.29 is 0 Å². The fourth-order valence-electron chi connectivity index (χ4n) is 3.73. The molecule has 1 rings (SSSR count). The first-order chi connectivity index (χ1) is 9.46. The van der Waals surface area contributed by atoms with Crippen molar-refractivity contribution in [3.8, 4) is 0 Å². The molecule has 1 aliphatic carbocycles. The highest BCUT2D eigenvalue weighted by Gasteiger charge is 2.27. The van der Waals surface area contributed by atoms with Crippen LogP contribution >= 0.6 is 0 Å². The van der Waals surface area contributed by atoms with E-state index in [1.807, 2.05) is 0 Å². The fraction of sp³-hybridized carbons (Fsp3) is 1.00. The predicted octanol–water partition coefficient (Wildman–Crippen LogP) is 5.79. The third kappa shape index (κ3) is 7.11. The molecule has 1 heteroatoms. The molecule has 0 aliphatic heterocycles. The molecule has 120 valence electrons. The molecule has 1 atom stereocenters. The molecular formula is C19H39N. The van der Waals surface area contributed by atoms with Crippen LogP contribution in [-0.2, 0) is 0 Å². The van der Waals surface area contributed by atoms with Crippen molar-refractivity contribution in [3.05, 3.63) is 0 Å².